The molecule has 0 radical (unpaired) electrons. The quantitative estimate of drug-likeness (QED) is 0.589. The highest BCUT2D eigenvalue weighted by atomic mass is 127. The Labute approximate surface area is 110 Å². The molecular formula is C11H11IN2OS. The minimum Gasteiger partial charge on any atom is -0.313 e. The zero-order chi connectivity index (χ0) is 11.3. The van der Waals surface area contributed by atoms with Crippen molar-refractivity contribution in [1.82, 2.24) is 9.97 Å². The molecule has 1 aliphatic carbocycles. The maximum Gasteiger partial charge on any atom is 0.259 e. The number of aromatic amines is 1. The van der Waals surface area contributed by atoms with Gasteiger partial charge in [0.2, 0.25) is 0 Å². The van der Waals surface area contributed by atoms with Crippen LogP contribution in [0.1, 0.15) is 23.8 Å². The number of halogens is 1. The molecule has 2 heterocycles. The summed E-state index contributed by atoms with van der Waals surface area (Å²) >= 11 is 4.20. The van der Waals surface area contributed by atoms with Crippen LogP contribution in [0, 0.1) is 0 Å². The largest absolute Gasteiger partial charge is 0.313 e. The van der Waals surface area contributed by atoms with Crippen molar-refractivity contribution in [3.05, 3.63) is 27.1 Å². The summed E-state index contributed by atoms with van der Waals surface area (Å²) in [5, 5.41) is 0.828. The summed E-state index contributed by atoms with van der Waals surface area (Å²) in [5.74, 6) is 0. The number of aryl methyl sites for hydroxylation is 1. The van der Waals surface area contributed by atoms with E-state index in [1.165, 1.54) is 16.8 Å². The number of hydrogen-bond donors (Lipinski definition) is 1. The summed E-state index contributed by atoms with van der Waals surface area (Å²) in [5.41, 5.74) is 1.25. The Balaban J connectivity index is 2.29. The van der Waals surface area contributed by atoms with E-state index in [-0.39, 0.29) is 5.56 Å². The molecular weight excluding hydrogens is 335 g/mol. The van der Waals surface area contributed by atoms with Crippen LogP contribution in [0.4, 0.5) is 0 Å². The second kappa shape index (κ2) is 3.53. The maximum absolute atomic E-state index is 11.8. The highest BCUT2D eigenvalue weighted by Crippen LogP contribution is 2.40. The summed E-state index contributed by atoms with van der Waals surface area (Å²) in [6.07, 6.45) is 4.70. The number of nitrogens with one attached hydrogen (secondary N) is 1. The molecule has 0 aliphatic heterocycles. The van der Waals surface area contributed by atoms with Crippen molar-refractivity contribution in [1.29, 1.82) is 0 Å². The fourth-order valence-electron chi connectivity index (χ4n) is 2.26. The van der Waals surface area contributed by atoms with E-state index in [1.54, 1.807) is 11.3 Å². The predicted octanol–water partition coefficient (Wildman–Crippen LogP) is 2.67. The summed E-state index contributed by atoms with van der Waals surface area (Å²) in [4.78, 5) is 20.9. The van der Waals surface area contributed by atoms with Crippen LogP contribution < -0.4 is 5.56 Å². The number of fused-ring (bicyclic) bond motifs is 3. The van der Waals surface area contributed by atoms with Crippen LogP contribution in [0.25, 0.3) is 10.2 Å². The number of hydrogen-bond acceptors (Lipinski definition) is 3. The minimum absolute atomic E-state index is 0.0135. The highest BCUT2D eigenvalue weighted by molar-refractivity contribution is 14.1. The number of alkyl halides is 1. The smallest absolute Gasteiger partial charge is 0.259 e. The number of H-pyrrole nitrogens is 1. The van der Waals surface area contributed by atoms with Gasteiger partial charge >= 0.3 is 0 Å². The highest BCUT2D eigenvalue weighted by Gasteiger charge is 2.30. The molecule has 0 saturated heterocycles. The predicted molar refractivity (Wildman–Crippen MR) is 74.7 cm³/mol. The molecule has 1 N–H and O–H groups in total. The average Bonchev–Trinajstić information content (AvgIpc) is 2.54. The van der Waals surface area contributed by atoms with Crippen LogP contribution >= 0.6 is 33.9 Å². The van der Waals surface area contributed by atoms with Crippen molar-refractivity contribution in [3.8, 4) is 0 Å². The van der Waals surface area contributed by atoms with Crippen LogP contribution in [0.5, 0.6) is 0 Å². The van der Waals surface area contributed by atoms with Gasteiger partial charge in [-0.1, -0.05) is 29.5 Å². The van der Waals surface area contributed by atoms with E-state index in [4.69, 9.17) is 0 Å². The fourth-order valence-corrected chi connectivity index (χ4v) is 4.55. The van der Waals surface area contributed by atoms with E-state index in [2.05, 4.69) is 39.5 Å². The SMILES string of the molecule is CC1(I)CCc2c(sc3nc[nH]c(=O)c23)C1. The first-order chi connectivity index (χ1) is 7.57. The zero-order valence-electron chi connectivity index (χ0n) is 8.84. The molecule has 0 bridgehead atoms. The van der Waals surface area contributed by atoms with Gasteiger partial charge in [0, 0.05) is 8.30 Å². The lowest BCUT2D eigenvalue weighted by Gasteiger charge is -2.27. The van der Waals surface area contributed by atoms with Gasteiger partial charge in [0.25, 0.3) is 5.56 Å². The third kappa shape index (κ3) is 1.60. The number of aromatic nitrogens is 2. The second-order valence-corrected chi connectivity index (χ2v) is 8.19. The van der Waals surface area contributed by atoms with Gasteiger partial charge in [-0.15, -0.1) is 11.3 Å². The lowest BCUT2D eigenvalue weighted by atomic mass is 9.89. The molecule has 84 valence electrons. The molecule has 1 atom stereocenters. The van der Waals surface area contributed by atoms with Crippen molar-refractivity contribution in [2.75, 3.05) is 0 Å². The fraction of sp³-hybridized carbons (Fsp3) is 0.455. The monoisotopic (exact) mass is 346 g/mol. The maximum atomic E-state index is 11.8. The van der Waals surface area contributed by atoms with Gasteiger partial charge in [-0.05, 0) is 24.8 Å². The van der Waals surface area contributed by atoms with Gasteiger partial charge in [-0.25, -0.2) is 4.98 Å². The van der Waals surface area contributed by atoms with Gasteiger partial charge in [0.05, 0.1) is 11.7 Å². The van der Waals surface area contributed by atoms with Crippen molar-refractivity contribution in [2.45, 2.75) is 29.6 Å². The molecule has 1 unspecified atom stereocenters. The molecule has 3 nitrogen and oxygen atoms in total. The van der Waals surface area contributed by atoms with E-state index in [0.717, 1.165) is 29.5 Å². The molecule has 1 aliphatic rings. The van der Waals surface area contributed by atoms with Crippen LogP contribution in [0.2, 0.25) is 0 Å². The first kappa shape index (κ1) is 10.7. The summed E-state index contributed by atoms with van der Waals surface area (Å²) < 4.78 is 0.332. The summed E-state index contributed by atoms with van der Waals surface area (Å²) in [6.45, 7) is 2.28. The lowest BCUT2D eigenvalue weighted by Crippen LogP contribution is -2.24. The van der Waals surface area contributed by atoms with Crippen LogP contribution in [-0.4, -0.2) is 13.4 Å². The minimum atomic E-state index is 0.0135. The zero-order valence-corrected chi connectivity index (χ0v) is 11.8. The second-order valence-electron chi connectivity index (χ2n) is 4.51. The van der Waals surface area contributed by atoms with E-state index >= 15 is 0 Å². The average molecular weight is 346 g/mol. The molecule has 2 aromatic rings. The molecule has 0 fully saturated rings. The van der Waals surface area contributed by atoms with Crippen molar-refractivity contribution in [2.24, 2.45) is 0 Å². The first-order valence-electron chi connectivity index (χ1n) is 5.24. The third-order valence-corrected chi connectivity index (χ3v) is 5.16. The van der Waals surface area contributed by atoms with E-state index < -0.39 is 0 Å². The summed E-state index contributed by atoms with van der Waals surface area (Å²) in [7, 11) is 0. The first-order valence-corrected chi connectivity index (χ1v) is 7.13. The molecule has 0 amide bonds. The van der Waals surface area contributed by atoms with Gasteiger partial charge in [0.1, 0.15) is 4.83 Å². The van der Waals surface area contributed by atoms with E-state index in [0.29, 0.717) is 3.42 Å². The molecule has 0 aromatic carbocycles. The molecule has 16 heavy (non-hydrogen) atoms. The summed E-state index contributed by atoms with van der Waals surface area (Å²) in [6, 6.07) is 0. The molecule has 0 spiro atoms. The van der Waals surface area contributed by atoms with Gasteiger partial charge in [0.15, 0.2) is 0 Å². The van der Waals surface area contributed by atoms with Gasteiger partial charge in [-0.3, -0.25) is 4.79 Å². The van der Waals surface area contributed by atoms with Crippen molar-refractivity contribution in [3.63, 3.8) is 0 Å². The Morgan fingerprint density at radius 2 is 2.44 bits per heavy atom. The van der Waals surface area contributed by atoms with Crippen LogP contribution in [-0.2, 0) is 12.8 Å². The Morgan fingerprint density at radius 1 is 1.62 bits per heavy atom. The van der Waals surface area contributed by atoms with Crippen LogP contribution in [0.3, 0.4) is 0 Å². The van der Waals surface area contributed by atoms with Gasteiger partial charge < -0.3 is 4.98 Å². The Bertz CT molecular complexity index is 614. The lowest BCUT2D eigenvalue weighted by molar-refractivity contribution is 0.586. The number of thiophene rings is 1. The van der Waals surface area contributed by atoms with Crippen molar-refractivity contribution < 1.29 is 0 Å². The Hall–Kier alpha value is -0.430. The van der Waals surface area contributed by atoms with Crippen LogP contribution in [0.15, 0.2) is 11.1 Å². The normalized spacial score (nSPS) is 24.6. The third-order valence-electron chi connectivity index (χ3n) is 3.10. The topological polar surface area (TPSA) is 45.8 Å². The molecule has 2 aromatic heterocycles. The number of rotatable bonds is 0. The Kier molecular flexibility index (Phi) is 2.36. The van der Waals surface area contributed by atoms with Crippen molar-refractivity contribution >= 4 is 44.1 Å². The van der Waals surface area contributed by atoms with Gasteiger partial charge in [-0.2, -0.15) is 0 Å². The van der Waals surface area contributed by atoms with E-state index in [1.807, 2.05) is 0 Å². The number of nitrogens with zero attached hydrogens (tertiary/aromatic N) is 1. The molecule has 3 rings (SSSR count). The Morgan fingerprint density at radius 3 is 3.25 bits per heavy atom. The van der Waals surface area contributed by atoms with E-state index in [9.17, 15) is 4.79 Å². The molecule has 5 heteroatoms. The standard InChI is InChI=1S/C11H11IN2OS/c1-11(12)3-2-6-7(4-11)16-10-8(6)9(15)13-5-14-10/h5H,2-4H2,1H3,(H,13,14,15). The molecule has 0 saturated carbocycles.